The fraction of sp³-hybridized carbons (Fsp3) is 0.483. The van der Waals surface area contributed by atoms with E-state index in [4.69, 9.17) is 24.6 Å². The lowest BCUT2D eigenvalue weighted by molar-refractivity contribution is -0.192. The molecule has 1 atom stereocenters. The molecule has 16 heteroatoms. The topological polar surface area (TPSA) is 121 Å². The summed E-state index contributed by atoms with van der Waals surface area (Å²) in [6, 6.07) is 5.02. The van der Waals surface area contributed by atoms with Crippen LogP contribution in [0.1, 0.15) is 47.9 Å². The molecule has 3 fully saturated rings. The van der Waals surface area contributed by atoms with Crippen molar-refractivity contribution in [2.24, 2.45) is 5.92 Å². The molecule has 4 heterocycles. The van der Waals surface area contributed by atoms with E-state index in [0.717, 1.165) is 25.0 Å². The number of fused-ring (bicyclic) bond motifs is 1. The number of piperidine rings is 1. The number of hydrogen-bond donors (Lipinski definition) is 2. The number of anilines is 2. The first-order chi connectivity index (χ1) is 21.4. The third-order valence-electron chi connectivity index (χ3n) is 7.72. The van der Waals surface area contributed by atoms with Crippen molar-refractivity contribution in [1.29, 1.82) is 0 Å². The average Bonchev–Trinajstić information content (AvgIpc) is 3.84. The summed E-state index contributed by atoms with van der Waals surface area (Å²) in [6.07, 6.45) is -1.94. The minimum atomic E-state index is -5.08. The zero-order chi connectivity index (χ0) is 32.3. The van der Waals surface area contributed by atoms with Gasteiger partial charge in [0.15, 0.2) is 11.6 Å². The summed E-state index contributed by atoms with van der Waals surface area (Å²) in [5, 5.41) is 10.6. The van der Waals surface area contributed by atoms with E-state index in [1.807, 2.05) is 0 Å². The molecule has 3 aromatic rings. The molecule has 10 nitrogen and oxygen atoms in total. The molecule has 6 rings (SSSR count). The number of nitrogens with zero attached hydrogens (tertiary/aromatic N) is 5. The highest BCUT2D eigenvalue weighted by molar-refractivity contribution is 5.95. The molecule has 1 amide bonds. The molecule has 2 aliphatic heterocycles. The van der Waals surface area contributed by atoms with E-state index in [-0.39, 0.29) is 17.4 Å². The van der Waals surface area contributed by atoms with E-state index in [9.17, 15) is 26.7 Å². The normalized spacial score (nSPS) is 18.3. The third-order valence-corrected chi connectivity index (χ3v) is 7.72. The van der Waals surface area contributed by atoms with Crippen LogP contribution in [0.15, 0.2) is 30.5 Å². The standard InChI is InChI=1S/C27H29F3N6O2.C2HF3O2/c28-17-1-4-19(20(29)13-17)24(30)16-5-7-35(8-6-16)26-25(32-18-2-3-18)33-21-14-22(31-15-23(21)34-26)27(37)36-9-11-38-12-10-36;3-2(4,5)1(6)7/h1,4,13-16,18,24H,2-3,5-12H2,(H,32,33);(H,6,7)/t24-;/m0./s1. The molecule has 3 aliphatic rings. The fourth-order valence-electron chi connectivity index (χ4n) is 5.12. The Hall–Kier alpha value is -4.21. The number of rotatable bonds is 6. The predicted molar refractivity (Wildman–Crippen MR) is 150 cm³/mol. The first kappa shape index (κ1) is 32.2. The molecular weight excluding hydrogens is 610 g/mol. The van der Waals surface area contributed by atoms with Crippen LogP contribution in [-0.4, -0.2) is 88.4 Å². The largest absolute Gasteiger partial charge is 0.490 e. The molecule has 0 unspecified atom stereocenters. The Bertz CT molecular complexity index is 1540. The molecule has 1 aliphatic carbocycles. The number of carboxylic acids is 1. The van der Waals surface area contributed by atoms with Gasteiger partial charge < -0.3 is 25.0 Å². The molecular formula is C29H30F6N6O4. The Balaban J connectivity index is 0.000000515. The summed E-state index contributed by atoms with van der Waals surface area (Å²) < 4.78 is 79.7. The number of alkyl halides is 4. The SMILES string of the molecule is O=C(O)C(F)(F)F.O=C(c1cc2nc(NC3CC3)c(N3CCC([C@H](F)c4ccc(F)cc4F)CC3)nc2cn1)N1CCOCC1. The third kappa shape index (κ3) is 7.90. The number of hydrogen-bond acceptors (Lipinski definition) is 8. The number of benzene rings is 1. The minimum Gasteiger partial charge on any atom is -0.475 e. The van der Waals surface area contributed by atoms with Gasteiger partial charge in [0.25, 0.3) is 5.91 Å². The van der Waals surface area contributed by atoms with Crippen molar-refractivity contribution in [2.45, 2.75) is 44.1 Å². The summed E-state index contributed by atoms with van der Waals surface area (Å²) in [5.74, 6) is -3.56. The maximum Gasteiger partial charge on any atom is 0.490 e. The van der Waals surface area contributed by atoms with Crippen LogP contribution < -0.4 is 10.2 Å². The lowest BCUT2D eigenvalue weighted by atomic mass is 9.88. The quantitative estimate of drug-likeness (QED) is 0.362. The first-order valence-electron chi connectivity index (χ1n) is 14.4. The van der Waals surface area contributed by atoms with Gasteiger partial charge in [-0.2, -0.15) is 13.2 Å². The smallest absolute Gasteiger partial charge is 0.475 e. The number of carbonyl (C=O) groups excluding carboxylic acids is 1. The molecule has 0 spiro atoms. The van der Waals surface area contributed by atoms with Crippen LogP contribution >= 0.6 is 0 Å². The van der Waals surface area contributed by atoms with Crippen molar-refractivity contribution in [2.75, 3.05) is 49.6 Å². The van der Waals surface area contributed by atoms with Gasteiger partial charge in [-0.05, 0) is 43.7 Å². The van der Waals surface area contributed by atoms with Crippen molar-refractivity contribution in [3.63, 3.8) is 0 Å². The number of aliphatic carboxylic acids is 1. The number of aromatic nitrogens is 3. The van der Waals surface area contributed by atoms with Crippen LogP contribution in [0.3, 0.4) is 0 Å². The van der Waals surface area contributed by atoms with Crippen molar-refractivity contribution >= 4 is 34.5 Å². The maximum absolute atomic E-state index is 15.2. The molecule has 2 aromatic heterocycles. The first-order valence-corrected chi connectivity index (χ1v) is 14.4. The van der Waals surface area contributed by atoms with E-state index >= 15 is 4.39 Å². The highest BCUT2D eigenvalue weighted by atomic mass is 19.4. The van der Waals surface area contributed by atoms with Gasteiger partial charge in [-0.1, -0.05) is 6.07 Å². The Labute approximate surface area is 253 Å². The van der Waals surface area contributed by atoms with Crippen molar-refractivity contribution in [3.05, 3.63) is 53.4 Å². The van der Waals surface area contributed by atoms with Crippen molar-refractivity contribution in [1.82, 2.24) is 19.9 Å². The van der Waals surface area contributed by atoms with Gasteiger partial charge >= 0.3 is 12.1 Å². The number of morpholine rings is 1. The Morgan fingerprint density at radius 3 is 2.24 bits per heavy atom. The molecule has 1 saturated carbocycles. The van der Waals surface area contributed by atoms with Gasteiger partial charge in [-0.15, -0.1) is 0 Å². The van der Waals surface area contributed by atoms with Gasteiger partial charge in [0.1, 0.15) is 29.0 Å². The molecule has 1 aromatic carbocycles. The average molecular weight is 641 g/mol. The fourth-order valence-corrected chi connectivity index (χ4v) is 5.12. The molecule has 0 bridgehead atoms. The number of ether oxygens (including phenoxy) is 1. The number of halogens is 6. The second-order valence-corrected chi connectivity index (χ2v) is 11.0. The Morgan fingerprint density at radius 2 is 1.64 bits per heavy atom. The number of amides is 1. The van der Waals surface area contributed by atoms with Crippen LogP contribution in [0.5, 0.6) is 0 Å². The number of pyridine rings is 1. The summed E-state index contributed by atoms with van der Waals surface area (Å²) in [6.45, 7) is 3.12. The molecule has 242 valence electrons. The lowest BCUT2D eigenvalue weighted by Crippen LogP contribution is -2.41. The zero-order valence-corrected chi connectivity index (χ0v) is 23.9. The Kier molecular flexibility index (Phi) is 9.60. The Morgan fingerprint density at radius 1 is 0.978 bits per heavy atom. The monoisotopic (exact) mass is 640 g/mol. The van der Waals surface area contributed by atoms with E-state index in [1.165, 1.54) is 6.07 Å². The van der Waals surface area contributed by atoms with Gasteiger partial charge in [0, 0.05) is 43.9 Å². The lowest BCUT2D eigenvalue weighted by Gasteiger charge is -2.35. The van der Waals surface area contributed by atoms with Gasteiger partial charge in [-0.25, -0.2) is 32.9 Å². The molecule has 0 radical (unpaired) electrons. The van der Waals surface area contributed by atoms with E-state index in [2.05, 4.69) is 15.2 Å². The highest BCUT2D eigenvalue weighted by Gasteiger charge is 2.38. The van der Waals surface area contributed by atoms with Gasteiger partial charge in [0.2, 0.25) is 0 Å². The summed E-state index contributed by atoms with van der Waals surface area (Å²) in [4.78, 5) is 39.6. The summed E-state index contributed by atoms with van der Waals surface area (Å²) >= 11 is 0. The van der Waals surface area contributed by atoms with Crippen LogP contribution in [-0.2, 0) is 9.53 Å². The van der Waals surface area contributed by atoms with Gasteiger partial charge in [-0.3, -0.25) is 4.79 Å². The molecule has 45 heavy (non-hydrogen) atoms. The van der Waals surface area contributed by atoms with Crippen molar-refractivity contribution < 1.29 is 45.8 Å². The van der Waals surface area contributed by atoms with Crippen LogP contribution in [0, 0.1) is 17.6 Å². The maximum atomic E-state index is 15.2. The predicted octanol–water partition coefficient (Wildman–Crippen LogP) is 4.91. The number of nitrogens with one attached hydrogen (secondary N) is 1. The second kappa shape index (κ2) is 13.4. The second-order valence-electron chi connectivity index (χ2n) is 11.0. The number of carbonyl (C=O) groups is 2. The zero-order valence-electron chi connectivity index (χ0n) is 23.9. The van der Waals surface area contributed by atoms with Crippen molar-refractivity contribution in [3.8, 4) is 0 Å². The minimum absolute atomic E-state index is 0.0973. The van der Waals surface area contributed by atoms with E-state index in [1.54, 1.807) is 17.2 Å². The summed E-state index contributed by atoms with van der Waals surface area (Å²) in [7, 11) is 0. The van der Waals surface area contributed by atoms with E-state index < -0.39 is 30.0 Å². The van der Waals surface area contributed by atoms with Gasteiger partial charge in [0.05, 0.1) is 24.9 Å². The van der Waals surface area contributed by atoms with Crippen LogP contribution in [0.2, 0.25) is 0 Å². The highest BCUT2D eigenvalue weighted by Crippen LogP contribution is 2.38. The summed E-state index contributed by atoms with van der Waals surface area (Å²) in [5.41, 5.74) is 1.37. The molecule has 2 N–H and O–H groups in total. The van der Waals surface area contributed by atoms with Crippen LogP contribution in [0.25, 0.3) is 11.0 Å². The van der Waals surface area contributed by atoms with E-state index in [0.29, 0.717) is 86.6 Å². The molecule has 2 saturated heterocycles. The number of carboxylic acid groups (broad SMARTS) is 1. The van der Waals surface area contributed by atoms with Crippen LogP contribution in [0.4, 0.5) is 38.0 Å².